The molecule has 1 saturated heterocycles. The van der Waals surface area contributed by atoms with Gasteiger partial charge in [0, 0.05) is 31.0 Å². The second-order valence-electron chi connectivity index (χ2n) is 7.91. The molecule has 0 radical (unpaired) electrons. The Bertz CT molecular complexity index is 1190. The molecule has 0 saturated carbocycles. The Kier molecular flexibility index (Phi) is 7.10. The van der Waals surface area contributed by atoms with Crippen molar-refractivity contribution in [2.75, 3.05) is 25.0 Å². The van der Waals surface area contributed by atoms with Gasteiger partial charge in [0.15, 0.2) is 0 Å². The summed E-state index contributed by atoms with van der Waals surface area (Å²) >= 11 is 0. The Morgan fingerprint density at radius 2 is 1.85 bits per heavy atom. The lowest BCUT2D eigenvalue weighted by molar-refractivity contribution is 0.102. The average molecular weight is 469 g/mol. The van der Waals surface area contributed by atoms with Crippen LogP contribution in [0.15, 0.2) is 65.8 Å². The van der Waals surface area contributed by atoms with Crippen LogP contribution >= 0.6 is 0 Å². The predicted molar refractivity (Wildman–Crippen MR) is 126 cm³/mol. The van der Waals surface area contributed by atoms with Gasteiger partial charge in [-0.3, -0.25) is 9.48 Å². The molecular weight excluding hydrogens is 440 g/mol. The molecule has 0 atom stereocenters. The molecule has 1 N–H and O–H groups in total. The number of aromatic nitrogens is 2. The normalized spacial score (nSPS) is 14.7. The molecule has 33 heavy (non-hydrogen) atoms. The summed E-state index contributed by atoms with van der Waals surface area (Å²) in [6.07, 6.45) is 6.35. The molecule has 174 valence electrons. The van der Waals surface area contributed by atoms with Gasteiger partial charge in [0.1, 0.15) is 5.75 Å². The third-order valence-electron chi connectivity index (χ3n) is 5.57. The van der Waals surface area contributed by atoms with Crippen LogP contribution in [-0.4, -0.2) is 48.1 Å². The molecule has 1 amide bonds. The highest BCUT2D eigenvalue weighted by Crippen LogP contribution is 2.30. The molecule has 8 nitrogen and oxygen atoms in total. The van der Waals surface area contributed by atoms with Gasteiger partial charge in [0.05, 0.1) is 23.7 Å². The fraction of sp³-hybridized carbons (Fsp3) is 0.333. The van der Waals surface area contributed by atoms with Crippen molar-refractivity contribution >= 4 is 21.6 Å². The second-order valence-corrected chi connectivity index (χ2v) is 9.85. The molecule has 4 rings (SSSR count). The molecule has 0 aliphatic carbocycles. The summed E-state index contributed by atoms with van der Waals surface area (Å²) < 4.78 is 35.1. The number of hydrogen-bond donors (Lipinski definition) is 1. The molecule has 2 heterocycles. The molecule has 1 aliphatic rings. The highest BCUT2D eigenvalue weighted by atomic mass is 32.2. The van der Waals surface area contributed by atoms with E-state index in [-0.39, 0.29) is 10.8 Å². The zero-order chi connectivity index (χ0) is 23.3. The largest absolute Gasteiger partial charge is 0.492 e. The molecule has 1 fully saturated rings. The lowest BCUT2D eigenvalue weighted by atomic mass is 10.1. The third-order valence-corrected chi connectivity index (χ3v) is 7.47. The van der Waals surface area contributed by atoms with Crippen LogP contribution in [0.5, 0.6) is 5.75 Å². The van der Waals surface area contributed by atoms with Crippen LogP contribution in [0.4, 0.5) is 5.69 Å². The summed E-state index contributed by atoms with van der Waals surface area (Å²) in [4.78, 5) is 13.1. The predicted octanol–water partition coefficient (Wildman–Crippen LogP) is 3.76. The minimum Gasteiger partial charge on any atom is -0.492 e. The van der Waals surface area contributed by atoms with E-state index in [1.54, 1.807) is 29.1 Å². The monoisotopic (exact) mass is 468 g/mol. The Balaban J connectivity index is 1.54. The number of amides is 1. The van der Waals surface area contributed by atoms with Gasteiger partial charge in [0.25, 0.3) is 5.91 Å². The molecule has 0 unspecified atom stereocenters. The second kappa shape index (κ2) is 10.2. The first kappa shape index (κ1) is 23.0. The average Bonchev–Trinajstić information content (AvgIpc) is 3.34. The van der Waals surface area contributed by atoms with E-state index in [4.69, 9.17) is 4.74 Å². The Morgan fingerprint density at radius 1 is 1.09 bits per heavy atom. The standard InChI is InChI=1S/C24H28N4O4S/c1-2-32-23-12-11-21(33(30,31)28-15-4-3-5-16-28)17-22(23)26-24(29)20-9-7-19(8-10-20)18-27-14-6-13-25-27/h6-14,17H,2-5,15-16,18H2,1H3,(H,26,29). The van der Waals surface area contributed by atoms with Crippen LogP contribution in [0.3, 0.4) is 0 Å². The summed E-state index contributed by atoms with van der Waals surface area (Å²) in [7, 11) is -3.63. The fourth-order valence-corrected chi connectivity index (χ4v) is 5.38. The van der Waals surface area contributed by atoms with Crippen molar-refractivity contribution in [3.05, 3.63) is 72.1 Å². The van der Waals surface area contributed by atoms with E-state index in [9.17, 15) is 13.2 Å². The minimum atomic E-state index is -3.63. The van der Waals surface area contributed by atoms with E-state index in [1.807, 2.05) is 31.3 Å². The number of carbonyl (C=O) groups excluding carboxylic acids is 1. The molecular formula is C24H28N4O4S. The highest BCUT2D eigenvalue weighted by molar-refractivity contribution is 7.89. The Labute approximate surface area is 194 Å². The van der Waals surface area contributed by atoms with Gasteiger partial charge in [-0.05, 0) is 61.7 Å². The smallest absolute Gasteiger partial charge is 0.255 e. The zero-order valence-corrected chi connectivity index (χ0v) is 19.4. The Morgan fingerprint density at radius 3 is 2.52 bits per heavy atom. The third kappa shape index (κ3) is 5.43. The zero-order valence-electron chi connectivity index (χ0n) is 18.6. The van der Waals surface area contributed by atoms with Crippen molar-refractivity contribution in [3.63, 3.8) is 0 Å². The number of rotatable bonds is 8. The van der Waals surface area contributed by atoms with Gasteiger partial charge in [-0.2, -0.15) is 9.40 Å². The first-order chi connectivity index (χ1) is 16.0. The number of nitrogens with one attached hydrogen (secondary N) is 1. The molecule has 0 bridgehead atoms. The number of anilines is 1. The highest BCUT2D eigenvalue weighted by Gasteiger charge is 2.27. The van der Waals surface area contributed by atoms with Crippen LogP contribution in [-0.2, 0) is 16.6 Å². The number of hydrogen-bond acceptors (Lipinski definition) is 5. The summed E-state index contributed by atoms with van der Waals surface area (Å²) in [5.74, 6) is 0.0906. The van der Waals surface area contributed by atoms with E-state index in [0.29, 0.717) is 43.2 Å². The van der Waals surface area contributed by atoms with Crippen LogP contribution in [0.25, 0.3) is 0 Å². The van der Waals surface area contributed by atoms with Crippen LogP contribution in [0, 0.1) is 0 Å². The lowest BCUT2D eigenvalue weighted by Gasteiger charge is -2.26. The fourth-order valence-electron chi connectivity index (χ4n) is 3.84. The molecule has 3 aromatic rings. The summed E-state index contributed by atoms with van der Waals surface area (Å²) in [5, 5.41) is 7.01. The van der Waals surface area contributed by atoms with Crippen LogP contribution in [0.2, 0.25) is 0 Å². The lowest BCUT2D eigenvalue weighted by Crippen LogP contribution is -2.35. The van der Waals surface area contributed by atoms with E-state index < -0.39 is 10.0 Å². The van der Waals surface area contributed by atoms with Gasteiger partial charge < -0.3 is 10.1 Å². The van der Waals surface area contributed by atoms with Gasteiger partial charge >= 0.3 is 0 Å². The minimum absolute atomic E-state index is 0.151. The SMILES string of the molecule is CCOc1ccc(S(=O)(=O)N2CCCCC2)cc1NC(=O)c1ccc(Cn2cccn2)cc1. The molecule has 0 spiro atoms. The number of ether oxygens (including phenoxy) is 1. The van der Waals surface area contributed by atoms with Gasteiger partial charge in [0.2, 0.25) is 10.0 Å². The van der Waals surface area contributed by atoms with Crippen LogP contribution in [0.1, 0.15) is 42.1 Å². The van der Waals surface area contributed by atoms with E-state index in [0.717, 1.165) is 24.8 Å². The maximum absolute atomic E-state index is 13.1. The summed E-state index contributed by atoms with van der Waals surface area (Å²) in [5.41, 5.74) is 1.81. The van der Waals surface area contributed by atoms with Crippen molar-refractivity contribution in [2.24, 2.45) is 0 Å². The van der Waals surface area contributed by atoms with E-state index in [2.05, 4.69) is 10.4 Å². The Hall–Kier alpha value is -3.17. The molecule has 1 aliphatic heterocycles. The molecule has 9 heteroatoms. The van der Waals surface area contributed by atoms with Crippen molar-refractivity contribution in [2.45, 2.75) is 37.6 Å². The molecule has 1 aromatic heterocycles. The van der Waals surface area contributed by atoms with Gasteiger partial charge in [-0.25, -0.2) is 8.42 Å². The summed E-state index contributed by atoms with van der Waals surface area (Å²) in [6.45, 7) is 3.87. The maximum atomic E-state index is 13.1. The van der Waals surface area contributed by atoms with Crippen LogP contribution < -0.4 is 10.1 Å². The topological polar surface area (TPSA) is 93.5 Å². The van der Waals surface area contributed by atoms with E-state index >= 15 is 0 Å². The number of piperidine rings is 1. The quantitative estimate of drug-likeness (QED) is 0.543. The van der Waals surface area contributed by atoms with Crippen molar-refractivity contribution in [1.82, 2.24) is 14.1 Å². The number of carbonyl (C=O) groups is 1. The summed E-state index contributed by atoms with van der Waals surface area (Å²) in [6, 6.07) is 13.7. The van der Waals surface area contributed by atoms with Gasteiger partial charge in [-0.15, -0.1) is 0 Å². The van der Waals surface area contributed by atoms with Gasteiger partial charge in [-0.1, -0.05) is 18.6 Å². The van der Waals surface area contributed by atoms with Crippen molar-refractivity contribution in [1.29, 1.82) is 0 Å². The number of nitrogens with zero attached hydrogens (tertiary/aromatic N) is 3. The number of sulfonamides is 1. The number of benzene rings is 2. The van der Waals surface area contributed by atoms with E-state index in [1.165, 1.54) is 16.4 Å². The van der Waals surface area contributed by atoms with Crippen molar-refractivity contribution in [3.8, 4) is 5.75 Å². The molecule has 2 aromatic carbocycles. The first-order valence-corrected chi connectivity index (χ1v) is 12.6. The first-order valence-electron chi connectivity index (χ1n) is 11.1. The van der Waals surface area contributed by atoms with Crippen molar-refractivity contribution < 1.29 is 17.9 Å². The maximum Gasteiger partial charge on any atom is 0.255 e.